The Kier molecular flexibility index (Phi) is 5.84. The maximum atomic E-state index is 5.61. The van der Waals surface area contributed by atoms with Crippen molar-refractivity contribution >= 4 is 5.69 Å². The second kappa shape index (κ2) is 7.17. The Morgan fingerprint density at radius 3 is 2.65 bits per heavy atom. The first-order valence-corrected chi connectivity index (χ1v) is 6.34. The molecule has 96 valence electrons. The molecule has 0 saturated carbocycles. The molecule has 1 unspecified atom stereocenters. The van der Waals surface area contributed by atoms with Crippen molar-refractivity contribution in [2.24, 2.45) is 5.73 Å². The number of hydrogen-bond donors (Lipinski definition) is 1. The van der Waals surface area contributed by atoms with Crippen molar-refractivity contribution in [3.05, 3.63) is 24.3 Å². The minimum atomic E-state index is 0.498. The first-order valence-electron chi connectivity index (χ1n) is 6.34. The smallest absolute Gasteiger partial charge is 0.142 e. The van der Waals surface area contributed by atoms with Gasteiger partial charge >= 0.3 is 0 Å². The monoisotopic (exact) mass is 236 g/mol. The molecule has 0 amide bonds. The van der Waals surface area contributed by atoms with Crippen LogP contribution in [0.25, 0.3) is 0 Å². The number of para-hydroxylation sites is 2. The van der Waals surface area contributed by atoms with Crippen molar-refractivity contribution in [3.8, 4) is 5.75 Å². The van der Waals surface area contributed by atoms with E-state index in [9.17, 15) is 0 Å². The van der Waals surface area contributed by atoms with Gasteiger partial charge in [0, 0.05) is 12.6 Å². The number of hydrogen-bond acceptors (Lipinski definition) is 3. The first-order chi connectivity index (χ1) is 8.24. The van der Waals surface area contributed by atoms with E-state index in [0.29, 0.717) is 6.04 Å². The van der Waals surface area contributed by atoms with Crippen molar-refractivity contribution in [1.29, 1.82) is 0 Å². The van der Waals surface area contributed by atoms with E-state index in [1.165, 1.54) is 0 Å². The van der Waals surface area contributed by atoms with Gasteiger partial charge in [-0.2, -0.15) is 0 Å². The number of ether oxygens (including phenoxy) is 1. The molecule has 0 radical (unpaired) electrons. The van der Waals surface area contributed by atoms with Gasteiger partial charge in [0.2, 0.25) is 0 Å². The minimum Gasteiger partial charge on any atom is -0.495 e. The first kappa shape index (κ1) is 13.8. The van der Waals surface area contributed by atoms with Crippen LogP contribution in [0.2, 0.25) is 0 Å². The molecule has 0 spiro atoms. The lowest BCUT2D eigenvalue weighted by atomic mass is 10.1. The van der Waals surface area contributed by atoms with Gasteiger partial charge < -0.3 is 15.4 Å². The van der Waals surface area contributed by atoms with Gasteiger partial charge in [-0.1, -0.05) is 19.1 Å². The highest BCUT2D eigenvalue weighted by Gasteiger charge is 2.15. The van der Waals surface area contributed by atoms with Gasteiger partial charge in [0.1, 0.15) is 5.75 Å². The molecule has 17 heavy (non-hydrogen) atoms. The average molecular weight is 236 g/mol. The number of rotatable bonds is 7. The van der Waals surface area contributed by atoms with Crippen LogP contribution >= 0.6 is 0 Å². The number of benzene rings is 1. The Labute approximate surface area is 105 Å². The Bertz CT molecular complexity index is 328. The highest BCUT2D eigenvalue weighted by atomic mass is 16.5. The molecular weight excluding hydrogens is 212 g/mol. The molecule has 1 atom stereocenters. The zero-order chi connectivity index (χ0) is 12.7. The normalized spacial score (nSPS) is 12.2. The lowest BCUT2D eigenvalue weighted by Gasteiger charge is -2.31. The fraction of sp³-hybridized carbons (Fsp3) is 0.571. The number of methoxy groups -OCH3 is 1. The van der Waals surface area contributed by atoms with E-state index < -0.39 is 0 Å². The molecule has 1 aromatic rings. The van der Waals surface area contributed by atoms with Gasteiger partial charge in [-0.05, 0) is 38.4 Å². The summed E-state index contributed by atoms with van der Waals surface area (Å²) in [6.45, 7) is 6.15. The zero-order valence-corrected chi connectivity index (χ0v) is 11.1. The van der Waals surface area contributed by atoms with Crippen LogP contribution in [0.5, 0.6) is 5.75 Å². The number of anilines is 1. The van der Waals surface area contributed by atoms with Crippen LogP contribution in [0.4, 0.5) is 5.69 Å². The van der Waals surface area contributed by atoms with Crippen LogP contribution in [-0.4, -0.2) is 26.2 Å². The predicted molar refractivity (Wildman–Crippen MR) is 73.8 cm³/mol. The molecule has 0 bridgehead atoms. The Morgan fingerprint density at radius 1 is 1.35 bits per heavy atom. The lowest BCUT2D eigenvalue weighted by molar-refractivity contribution is 0.412. The standard InChI is InChI=1S/C14H24N2O/c1-4-12(2)16(11-7-10-15)13-8-5-6-9-14(13)17-3/h5-6,8-9,12H,4,7,10-11,15H2,1-3H3. The molecule has 2 N–H and O–H groups in total. The number of nitrogens with zero attached hydrogens (tertiary/aromatic N) is 1. The van der Waals surface area contributed by atoms with Crippen molar-refractivity contribution in [2.75, 3.05) is 25.1 Å². The van der Waals surface area contributed by atoms with Gasteiger partial charge in [0.05, 0.1) is 12.8 Å². The molecule has 0 aliphatic heterocycles. The predicted octanol–water partition coefficient (Wildman–Crippen LogP) is 2.65. The third-order valence-corrected chi connectivity index (χ3v) is 3.12. The van der Waals surface area contributed by atoms with E-state index in [-0.39, 0.29) is 0 Å². The summed E-state index contributed by atoms with van der Waals surface area (Å²) in [5.74, 6) is 0.935. The maximum Gasteiger partial charge on any atom is 0.142 e. The van der Waals surface area contributed by atoms with Gasteiger partial charge in [-0.3, -0.25) is 0 Å². The summed E-state index contributed by atoms with van der Waals surface area (Å²) in [5.41, 5.74) is 6.77. The Hall–Kier alpha value is -1.22. The topological polar surface area (TPSA) is 38.5 Å². The van der Waals surface area contributed by atoms with E-state index in [0.717, 1.165) is 37.4 Å². The molecular formula is C14H24N2O. The fourth-order valence-electron chi connectivity index (χ4n) is 1.93. The van der Waals surface area contributed by atoms with Gasteiger partial charge in [0.15, 0.2) is 0 Å². The van der Waals surface area contributed by atoms with E-state index in [1.807, 2.05) is 12.1 Å². The SMILES string of the molecule is CCC(C)N(CCCN)c1ccccc1OC. The highest BCUT2D eigenvalue weighted by molar-refractivity contribution is 5.59. The molecule has 0 aliphatic carbocycles. The van der Waals surface area contributed by atoms with Crippen molar-refractivity contribution in [3.63, 3.8) is 0 Å². The average Bonchev–Trinajstić information content (AvgIpc) is 2.39. The van der Waals surface area contributed by atoms with E-state index >= 15 is 0 Å². The zero-order valence-electron chi connectivity index (χ0n) is 11.1. The quantitative estimate of drug-likeness (QED) is 0.791. The third kappa shape index (κ3) is 3.63. The van der Waals surface area contributed by atoms with E-state index in [2.05, 4.69) is 30.9 Å². The van der Waals surface area contributed by atoms with Crippen molar-refractivity contribution in [1.82, 2.24) is 0 Å². The second-order valence-electron chi connectivity index (χ2n) is 4.26. The van der Waals surface area contributed by atoms with Crippen LogP contribution in [0, 0.1) is 0 Å². The summed E-state index contributed by atoms with van der Waals surface area (Å²) in [7, 11) is 1.72. The summed E-state index contributed by atoms with van der Waals surface area (Å²) in [5, 5.41) is 0. The van der Waals surface area contributed by atoms with Gasteiger partial charge in [-0.25, -0.2) is 0 Å². The number of nitrogens with two attached hydrogens (primary N) is 1. The van der Waals surface area contributed by atoms with Crippen molar-refractivity contribution in [2.45, 2.75) is 32.7 Å². The summed E-state index contributed by atoms with van der Waals surface area (Å²) < 4.78 is 5.43. The summed E-state index contributed by atoms with van der Waals surface area (Å²) in [6.07, 6.45) is 2.12. The maximum absolute atomic E-state index is 5.61. The van der Waals surface area contributed by atoms with Gasteiger partial charge in [-0.15, -0.1) is 0 Å². The summed E-state index contributed by atoms with van der Waals surface area (Å²) in [4.78, 5) is 2.38. The summed E-state index contributed by atoms with van der Waals surface area (Å²) in [6, 6.07) is 8.67. The molecule has 3 heteroatoms. The highest BCUT2D eigenvalue weighted by Crippen LogP contribution is 2.29. The molecule has 0 aromatic heterocycles. The molecule has 1 aromatic carbocycles. The van der Waals surface area contributed by atoms with Crippen molar-refractivity contribution < 1.29 is 4.74 Å². The molecule has 0 aliphatic rings. The lowest BCUT2D eigenvalue weighted by Crippen LogP contribution is -2.34. The van der Waals surface area contributed by atoms with Gasteiger partial charge in [0.25, 0.3) is 0 Å². The van der Waals surface area contributed by atoms with E-state index in [4.69, 9.17) is 10.5 Å². The van der Waals surface area contributed by atoms with Crippen LogP contribution in [-0.2, 0) is 0 Å². The minimum absolute atomic E-state index is 0.498. The summed E-state index contributed by atoms with van der Waals surface area (Å²) >= 11 is 0. The van der Waals surface area contributed by atoms with Crippen LogP contribution in [0.15, 0.2) is 24.3 Å². The van der Waals surface area contributed by atoms with E-state index in [1.54, 1.807) is 7.11 Å². The Balaban J connectivity index is 2.94. The van der Waals surface area contributed by atoms with Crippen LogP contribution < -0.4 is 15.4 Å². The van der Waals surface area contributed by atoms with Crippen LogP contribution in [0.3, 0.4) is 0 Å². The second-order valence-corrected chi connectivity index (χ2v) is 4.26. The third-order valence-electron chi connectivity index (χ3n) is 3.12. The molecule has 0 saturated heterocycles. The largest absolute Gasteiger partial charge is 0.495 e. The molecule has 0 fully saturated rings. The molecule has 1 rings (SSSR count). The fourth-order valence-corrected chi connectivity index (χ4v) is 1.93. The molecule has 0 heterocycles. The molecule has 3 nitrogen and oxygen atoms in total. The Morgan fingerprint density at radius 2 is 2.06 bits per heavy atom. The van der Waals surface area contributed by atoms with Crippen LogP contribution in [0.1, 0.15) is 26.7 Å².